The van der Waals surface area contributed by atoms with Crippen LogP contribution in [0.4, 0.5) is 5.82 Å². The van der Waals surface area contributed by atoms with Crippen LogP contribution in [0.25, 0.3) is 0 Å². The highest BCUT2D eigenvalue weighted by Crippen LogP contribution is 2.20. The monoisotopic (exact) mass is 261 g/mol. The lowest BCUT2D eigenvalue weighted by Gasteiger charge is -2.06. The summed E-state index contributed by atoms with van der Waals surface area (Å²) in [6.45, 7) is 2.47. The number of aromatic nitrogens is 2. The molecule has 0 aliphatic carbocycles. The van der Waals surface area contributed by atoms with Crippen molar-refractivity contribution in [3.05, 3.63) is 41.1 Å². The number of aliphatic hydroxyl groups excluding tert-OH is 1. The summed E-state index contributed by atoms with van der Waals surface area (Å²) >= 11 is 0. The molecule has 0 spiro atoms. The molecule has 102 valence electrons. The first kappa shape index (κ1) is 13.4. The number of hydrogen-bond acceptors (Lipinski definition) is 4. The summed E-state index contributed by atoms with van der Waals surface area (Å²) in [6, 6.07) is 7.90. The molecule has 5 nitrogen and oxygen atoms in total. The molecule has 0 aliphatic rings. The minimum atomic E-state index is 0.0347. The molecular formula is C14H19N3O2. The van der Waals surface area contributed by atoms with Crippen LogP contribution in [0, 0.1) is 6.92 Å². The summed E-state index contributed by atoms with van der Waals surface area (Å²) in [5.74, 6) is 1.46. The van der Waals surface area contributed by atoms with Gasteiger partial charge in [0, 0.05) is 12.5 Å². The zero-order chi connectivity index (χ0) is 13.8. The van der Waals surface area contributed by atoms with E-state index in [1.807, 2.05) is 25.1 Å². The molecular weight excluding hydrogens is 242 g/mol. The van der Waals surface area contributed by atoms with Crippen molar-refractivity contribution >= 4 is 5.82 Å². The smallest absolute Gasteiger partial charge is 0.122 e. The van der Waals surface area contributed by atoms with E-state index in [1.54, 1.807) is 11.8 Å². The Morgan fingerprint density at radius 1 is 1.37 bits per heavy atom. The fourth-order valence-electron chi connectivity index (χ4n) is 2.11. The minimum absolute atomic E-state index is 0.0347. The number of rotatable bonds is 5. The van der Waals surface area contributed by atoms with Crippen LogP contribution in [0.2, 0.25) is 0 Å². The van der Waals surface area contributed by atoms with E-state index in [-0.39, 0.29) is 6.61 Å². The molecule has 0 radical (unpaired) electrons. The Hall–Kier alpha value is -2.01. The molecule has 0 atom stereocenters. The normalized spacial score (nSPS) is 10.7. The molecule has 2 rings (SSSR count). The van der Waals surface area contributed by atoms with Gasteiger partial charge in [0.05, 0.1) is 26.0 Å². The van der Waals surface area contributed by atoms with Gasteiger partial charge < -0.3 is 15.6 Å². The number of aryl methyl sites for hydroxylation is 1. The number of nitrogens with zero attached hydrogens (tertiary/aromatic N) is 2. The van der Waals surface area contributed by atoms with Gasteiger partial charge in [0.1, 0.15) is 11.6 Å². The van der Waals surface area contributed by atoms with Gasteiger partial charge in [0.25, 0.3) is 0 Å². The van der Waals surface area contributed by atoms with Crippen LogP contribution in [0.1, 0.15) is 16.8 Å². The van der Waals surface area contributed by atoms with Gasteiger partial charge in [-0.05, 0) is 24.1 Å². The number of benzene rings is 1. The van der Waals surface area contributed by atoms with Crippen LogP contribution in [-0.2, 0) is 13.0 Å². The van der Waals surface area contributed by atoms with Crippen LogP contribution in [0.3, 0.4) is 0 Å². The molecule has 0 fully saturated rings. The maximum absolute atomic E-state index is 8.91. The van der Waals surface area contributed by atoms with Gasteiger partial charge in [-0.15, -0.1) is 0 Å². The summed E-state index contributed by atoms with van der Waals surface area (Å²) in [4.78, 5) is 0. The van der Waals surface area contributed by atoms with Gasteiger partial charge in [-0.25, -0.2) is 4.68 Å². The second kappa shape index (κ2) is 5.75. The van der Waals surface area contributed by atoms with Crippen LogP contribution in [-0.4, -0.2) is 28.6 Å². The van der Waals surface area contributed by atoms with E-state index in [0.717, 1.165) is 22.6 Å². The second-order valence-corrected chi connectivity index (χ2v) is 4.49. The molecule has 0 amide bonds. The first-order valence-electron chi connectivity index (χ1n) is 6.20. The van der Waals surface area contributed by atoms with Crippen molar-refractivity contribution in [1.82, 2.24) is 9.78 Å². The first-order chi connectivity index (χ1) is 9.13. The fraction of sp³-hybridized carbons (Fsp3) is 0.357. The topological polar surface area (TPSA) is 73.3 Å². The van der Waals surface area contributed by atoms with Gasteiger partial charge in [-0.1, -0.05) is 12.1 Å². The lowest BCUT2D eigenvalue weighted by Crippen LogP contribution is -2.07. The summed E-state index contributed by atoms with van der Waals surface area (Å²) in [5, 5.41) is 13.3. The van der Waals surface area contributed by atoms with Crippen molar-refractivity contribution < 1.29 is 9.84 Å². The Kier molecular flexibility index (Phi) is 4.06. The zero-order valence-corrected chi connectivity index (χ0v) is 11.3. The molecule has 1 aromatic heterocycles. The first-order valence-corrected chi connectivity index (χ1v) is 6.20. The minimum Gasteiger partial charge on any atom is -0.496 e. The van der Waals surface area contributed by atoms with Crippen LogP contribution < -0.4 is 10.5 Å². The standard InChI is InChI=1S/C14H19N3O2/c1-10-7-11(3-4-13(10)19-2)8-12-9-14(15)17(16-12)5-6-18/h3-4,7,9,18H,5-6,8,15H2,1-2H3. The number of methoxy groups -OCH3 is 1. The Balaban J connectivity index is 2.16. The lowest BCUT2D eigenvalue weighted by atomic mass is 10.1. The van der Waals surface area contributed by atoms with Crippen molar-refractivity contribution in [2.75, 3.05) is 19.5 Å². The highest BCUT2D eigenvalue weighted by atomic mass is 16.5. The third kappa shape index (κ3) is 3.06. The number of nitrogen functional groups attached to an aromatic ring is 1. The molecule has 0 unspecified atom stereocenters. The molecule has 0 bridgehead atoms. The molecule has 1 aromatic carbocycles. The fourth-order valence-corrected chi connectivity index (χ4v) is 2.11. The van der Waals surface area contributed by atoms with Gasteiger partial charge in [0.15, 0.2) is 0 Å². The number of aliphatic hydroxyl groups is 1. The predicted molar refractivity (Wildman–Crippen MR) is 74.3 cm³/mol. The third-order valence-corrected chi connectivity index (χ3v) is 3.02. The van der Waals surface area contributed by atoms with E-state index < -0.39 is 0 Å². The van der Waals surface area contributed by atoms with Crippen molar-refractivity contribution in [3.8, 4) is 5.75 Å². The summed E-state index contributed by atoms with van der Waals surface area (Å²) in [6.07, 6.45) is 0.716. The summed E-state index contributed by atoms with van der Waals surface area (Å²) in [5.41, 5.74) is 8.98. The Bertz CT molecular complexity index is 564. The third-order valence-electron chi connectivity index (χ3n) is 3.02. The van der Waals surface area contributed by atoms with E-state index in [1.165, 1.54) is 0 Å². The number of anilines is 1. The molecule has 0 saturated heterocycles. The van der Waals surface area contributed by atoms with Gasteiger partial charge in [0.2, 0.25) is 0 Å². The SMILES string of the molecule is COc1ccc(Cc2cc(N)n(CCO)n2)cc1C. The average Bonchev–Trinajstić information content (AvgIpc) is 2.70. The maximum Gasteiger partial charge on any atom is 0.122 e. The molecule has 0 saturated carbocycles. The van der Waals surface area contributed by atoms with E-state index in [9.17, 15) is 0 Å². The maximum atomic E-state index is 8.91. The largest absolute Gasteiger partial charge is 0.496 e. The zero-order valence-electron chi connectivity index (χ0n) is 11.3. The quantitative estimate of drug-likeness (QED) is 0.852. The van der Waals surface area contributed by atoms with Crippen molar-refractivity contribution in [2.45, 2.75) is 19.9 Å². The second-order valence-electron chi connectivity index (χ2n) is 4.49. The number of nitrogens with two attached hydrogens (primary N) is 1. The van der Waals surface area contributed by atoms with Gasteiger partial charge >= 0.3 is 0 Å². The molecule has 2 aromatic rings. The van der Waals surface area contributed by atoms with E-state index in [4.69, 9.17) is 15.6 Å². The number of hydrogen-bond donors (Lipinski definition) is 2. The van der Waals surface area contributed by atoms with E-state index in [0.29, 0.717) is 18.8 Å². The van der Waals surface area contributed by atoms with E-state index in [2.05, 4.69) is 11.2 Å². The van der Waals surface area contributed by atoms with E-state index >= 15 is 0 Å². The molecule has 0 aliphatic heterocycles. The molecule has 19 heavy (non-hydrogen) atoms. The van der Waals surface area contributed by atoms with Gasteiger partial charge in [-0.2, -0.15) is 5.10 Å². The van der Waals surface area contributed by atoms with Crippen LogP contribution in [0.5, 0.6) is 5.75 Å². The van der Waals surface area contributed by atoms with Gasteiger partial charge in [-0.3, -0.25) is 0 Å². The molecule has 3 N–H and O–H groups in total. The number of ether oxygens (including phenoxy) is 1. The van der Waals surface area contributed by atoms with Crippen LogP contribution >= 0.6 is 0 Å². The highest BCUT2D eigenvalue weighted by Gasteiger charge is 2.07. The Morgan fingerprint density at radius 2 is 2.16 bits per heavy atom. The molecule has 5 heteroatoms. The summed E-state index contributed by atoms with van der Waals surface area (Å²) < 4.78 is 6.85. The Labute approximate surface area is 112 Å². The average molecular weight is 261 g/mol. The van der Waals surface area contributed by atoms with Crippen LogP contribution in [0.15, 0.2) is 24.3 Å². The van der Waals surface area contributed by atoms with Crippen molar-refractivity contribution in [2.24, 2.45) is 0 Å². The van der Waals surface area contributed by atoms with Crippen molar-refractivity contribution in [1.29, 1.82) is 0 Å². The summed E-state index contributed by atoms with van der Waals surface area (Å²) in [7, 11) is 1.67. The lowest BCUT2D eigenvalue weighted by molar-refractivity contribution is 0.270. The predicted octanol–water partition coefficient (Wildman–Crippen LogP) is 1.37. The van der Waals surface area contributed by atoms with Crippen molar-refractivity contribution in [3.63, 3.8) is 0 Å². The molecule has 1 heterocycles. The Morgan fingerprint density at radius 3 is 2.79 bits per heavy atom. The highest BCUT2D eigenvalue weighted by molar-refractivity contribution is 5.39.